The van der Waals surface area contributed by atoms with Crippen LogP contribution in [0.5, 0.6) is 11.5 Å². The lowest BCUT2D eigenvalue weighted by molar-refractivity contribution is -0.135. The van der Waals surface area contributed by atoms with Crippen LogP contribution in [0.15, 0.2) is 48.5 Å². The fourth-order valence-corrected chi connectivity index (χ4v) is 2.79. The summed E-state index contributed by atoms with van der Waals surface area (Å²) in [4.78, 5) is 24.6. The Morgan fingerprint density at radius 1 is 0.643 bits per heavy atom. The summed E-state index contributed by atoms with van der Waals surface area (Å²) in [7, 11) is 0. The molecule has 0 radical (unpaired) electrons. The highest BCUT2D eigenvalue weighted by atomic mass is 35.5. The lowest BCUT2D eigenvalue weighted by atomic mass is 10.0. The molecule has 28 heavy (non-hydrogen) atoms. The van der Waals surface area contributed by atoms with Crippen molar-refractivity contribution in [2.24, 2.45) is 0 Å². The summed E-state index contributed by atoms with van der Waals surface area (Å²) in [6.07, 6.45) is 0. The van der Waals surface area contributed by atoms with Crippen LogP contribution in [0, 0.1) is 0 Å². The second-order valence-electron chi connectivity index (χ2n) is 6.31. The molecule has 3 rings (SSSR count). The number of hydrogen-bond donors (Lipinski definition) is 0. The lowest BCUT2D eigenvalue weighted by Crippen LogP contribution is -2.28. The standard InChI is InChI=1S/C20H14Cl4O4/c1-19(21,22)17(25)27-15-11-7-3-5-9-13(11)16(28-18(26)20(2,23)24)14-10-6-4-8-12(14)15/h3-10H,1-2H3. The monoisotopic (exact) mass is 458 g/mol. The molecule has 146 valence electrons. The third-order valence-electron chi connectivity index (χ3n) is 3.94. The highest BCUT2D eigenvalue weighted by Gasteiger charge is 2.33. The van der Waals surface area contributed by atoms with E-state index in [2.05, 4.69) is 0 Å². The Hall–Kier alpha value is -1.72. The zero-order valence-corrected chi connectivity index (χ0v) is 17.8. The number of esters is 2. The Bertz CT molecular complexity index is 938. The van der Waals surface area contributed by atoms with Crippen molar-refractivity contribution >= 4 is 79.9 Å². The third kappa shape index (κ3) is 4.15. The summed E-state index contributed by atoms with van der Waals surface area (Å²) < 4.78 is 7.61. The van der Waals surface area contributed by atoms with E-state index >= 15 is 0 Å². The van der Waals surface area contributed by atoms with Crippen molar-refractivity contribution in [1.82, 2.24) is 0 Å². The normalized spacial score (nSPS) is 12.2. The molecule has 0 aliphatic heterocycles. The molecule has 0 aliphatic carbocycles. The van der Waals surface area contributed by atoms with E-state index in [1.165, 1.54) is 13.8 Å². The van der Waals surface area contributed by atoms with Crippen LogP contribution in [0.3, 0.4) is 0 Å². The number of hydrogen-bond acceptors (Lipinski definition) is 4. The number of fused-ring (bicyclic) bond motifs is 2. The van der Waals surface area contributed by atoms with Crippen LogP contribution in [-0.4, -0.2) is 20.6 Å². The fraction of sp³-hybridized carbons (Fsp3) is 0.200. The van der Waals surface area contributed by atoms with Crippen LogP contribution in [-0.2, 0) is 9.59 Å². The van der Waals surface area contributed by atoms with Gasteiger partial charge in [0, 0.05) is 21.5 Å². The van der Waals surface area contributed by atoms with Gasteiger partial charge in [0.1, 0.15) is 11.5 Å². The topological polar surface area (TPSA) is 52.6 Å². The number of halogens is 4. The second kappa shape index (κ2) is 7.60. The van der Waals surface area contributed by atoms with E-state index in [1.54, 1.807) is 48.5 Å². The molecule has 0 fully saturated rings. The Balaban J connectivity index is 2.30. The van der Waals surface area contributed by atoms with Crippen LogP contribution < -0.4 is 9.47 Å². The van der Waals surface area contributed by atoms with Gasteiger partial charge < -0.3 is 9.47 Å². The highest BCUT2D eigenvalue weighted by molar-refractivity contribution is 6.57. The number of rotatable bonds is 4. The Kier molecular flexibility index (Phi) is 5.70. The van der Waals surface area contributed by atoms with Crippen molar-refractivity contribution in [2.45, 2.75) is 22.5 Å². The van der Waals surface area contributed by atoms with Crippen LogP contribution in [0.4, 0.5) is 0 Å². The minimum Gasteiger partial charge on any atom is -0.423 e. The first-order valence-corrected chi connectivity index (χ1v) is 9.65. The van der Waals surface area contributed by atoms with Gasteiger partial charge in [0.2, 0.25) is 8.67 Å². The van der Waals surface area contributed by atoms with Gasteiger partial charge in [-0.2, -0.15) is 0 Å². The number of alkyl halides is 4. The molecule has 0 aliphatic rings. The van der Waals surface area contributed by atoms with Gasteiger partial charge in [0.15, 0.2) is 0 Å². The van der Waals surface area contributed by atoms with Crippen LogP contribution >= 0.6 is 46.4 Å². The predicted molar refractivity (Wildman–Crippen MR) is 113 cm³/mol. The zero-order valence-electron chi connectivity index (χ0n) is 14.8. The van der Waals surface area contributed by atoms with Crippen LogP contribution in [0.2, 0.25) is 0 Å². The molecule has 0 spiro atoms. The van der Waals surface area contributed by atoms with Gasteiger partial charge in [-0.25, -0.2) is 9.59 Å². The summed E-state index contributed by atoms with van der Waals surface area (Å²) >= 11 is 23.5. The van der Waals surface area contributed by atoms with Crippen LogP contribution in [0.1, 0.15) is 13.8 Å². The van der Waals surface area contributed by atoms with Crippen molar-refractivity contribution in [3.05, 3.63) is 48.5 Å². The summed E-state index contributed by atoms with van der Waals surface area (Å²) in [5, 5.41) is 2.11. The molecule has 0 heterocycles. The molecular weight excluding hydrogens is 446 g/mol. The highest BCUT2D eigenvalue weighted by Crippen LogP contribution is 2.44. The Labute approximate surface area is 181 Å². The van der Waals surface area contributed by atoms with E-state index in [4.69, 9.17) is 55.9 Å². The van der Waals surface area contributed by atoms with Crippen molar-refractivity contribution in [1.29, 1.82) is 0 Å². The summed E-state index contributed by atoms with van der Waals surface area (Å²) in [5.41, 5.74) is 0. The number of carbonyl (C=O) groups excluding carboxylic acids is 2. The van der Waals surface area contributed by atoms with Crippen molar-refractivity contribution < 1.29 is 19.1 Å². The van der Waals surface area contributed by atoms with Gasteiger partial charge >= 0.3 is 11.9 Å². The molecule has 3 aromatic rings. The van der Waals surface area contributed by atoms with Crippen LogP contribution in [0.25, 0.3) is 21.5 Å². The van der Waals surface area contributed by atoms with E-state index in [-0.39, 0.29) is 11.5 Å². The number of ether oxygens (including phenoxy) is 2. The summed E-state index contributed by atoms with van der Waals surface area (Å²) in [5.74, 6) is -1.15. The molecule has 0 saturated heterocycles. The first kappa shape index (κ1) is 21.0. The van der Waals surface area contributed by atoms with E-state index in [0.717, 1.165) is 0 Å². The lowest BCUT2D eigenvalue weighted by Gasteiger charge is -2.19. The molecule has 0 aromatic heterocycles. The summed E-state index contributed by atoms with van der Waals surface area (Å²) in [6, 6.07) is 13.9. The van der Waals surface area contributed by atoms with Gasteiger partial charge in [-0.05, 0) is 13.8 Å². The zero-order chi connectivity index (χ0) is 20.7. The molecule has 0 N–H and O–H groups in total. The second-order valence-corrected chi connectivity index (χ2v) is 9.72. The Morgan fingerprint density at radius 3 is 1.11 bits per heavy atom. The predicted octanol–water partition coefficient (Wildman–Crippen LogP) is 6.19. The summed E-state index contributed by atoms with van der Waals surface area (Å²) in [6.45, 7) is 2.64. The molecule has 0 saturated carbocycles. The Morgan fingerprint density at radius 2 is 0.893 bits per heavy atom. The van der Waals surface area contributed by atoms with Gasteiger partial charge in [-0.3, -0.25) is 0 Å². The average Bonchev–Trinajstić information content (AvgIpc) is 2.62. The van der Waals surface area contributed by atoms with E-state index in [1.807, 2.05) is 0 Å². The molecule has 0 bridgehead atoms. The van der Waals surface area contributed by atoms with Gasteiger partial charge in [0.25, 0.3) is 0 Å². The van der Waals surface area contributed by atoms with Gasteiger partial charge in [-0.1, -0.05) is 94.9 Å². The molecule has 4 nitrogen and oxygen atoms in total. The molecule has 0 amide bonds. The quantitative estimate of drug-likeness (QED) is 0.202. The van der Waals surface area contributed by atoms with E-state index < -0.39 is 20.6 Å². The maximum absolute atomic E-state index is 12.3. The third-order valence-corrected chi connectivity index (χ3v) is 4.56. The molecular formula is C20H14Cl4O4. The van der Waals surface area contributed by atoms with E-state index in [9.17, 15) is 9.59 Å². The number of carbonyl (C=O) groups is 2. The largest absolute Gasteiger partial charge is 0.423 e. The smallest absolute Gasteiger partial charge is 0.347 e. The molecule has 0 unspecified atom stereocenters. The average molecular weight is 460 g/mol. The first-order chi connectivity index (χ1) is 13.0. The van der Waals surface area contributed by atoms with Crippen molar-refractivity contribution in [3.8, 4) is 11.5 Å². The minimum atomic E-state index is -1.73. The maximum atomic E-state index is 12.3. The van der Waals surface area contributed by atoms with Gasteiger partial charge in [-0.15, -0.1) is 0 Å². The minimum absolute atomic E-state index is 0.253. The molecule has 8 heteroatoms. The fourth-order valence-electron chi connectivity index (χ4n) is 2.63. The van der Waals surface area contributed by atoms with E-state index in [0.29, 0.717) is 21.5 Å². The van der Waals surface area contributed by atoms with Gasteiger partial charge in [0.05, 0.1) is 0 Å². The molecule has 0 atom stereocenters. The SMILES string of the molecule is CC(Cl)(Cl)C(=O)Oc1c2ccccc2c(OC(=O)C(C)(Cl)Cl)c2ccccc12. The van der Waals surface area contributed by atoms with Crippen molar-refractivity contribution in [3.63, 3.8) is 0 Å². The number of benzene rings is 3. The molecule has 3 aromatic carbocycles. The maximum Gasteiger partial charge on any atom is 0.347 e. The van der Waals surface area contributed by atoms with Crippen molar-refractivity contribution in [2.75, 3.05) is 0 Å². The first-order valence-electron chi connectivity index (χ1n) is 8.14.